The van der Waals surface area contributed by atoms with Gasteiger partial charge in [-0.3, -0.25) is 0 Å². The van der Waals surface area contributed by atoms with Crippen LogP contribution in [0.25, 0.3) is 0 Å². The van der Waals surface area contributed by atoms with Crippen LogP contribution in [0.4, 0.5) is 4.79 Å². The fourth-order valence-electron chi connectivity index (χ4n) is 0.714. The maximum Gasteiger partial charge on any atom is 0.410 e. The molecule has 1 rings (SSSR count). The van der Waals surface area contributed by atoms with Crippen LogP contribution in [-0.4, -0.2) is 41.8 Å². The molecule has 1 aliphatic rings. The molecule has 1 N–H and O–H groups in total. The van der Waals surface area contributed by atoms with E-state index in [2.05, 4.69) is 4.74 Å². The van der Waals surface area contributed by atoms with Crippen molar-refractivity contribution in [3.63, 3.8) is 0 Å². The molecule has 0 saturated carbocycles. The Morgan fingerprint density at radius 3 is 2.45 bits per heavy atom. The molecule has 0 aromatic heterocycles. The molecule has 1 aliphatic heterocycles. The minimum atomic E-state index is -1.13. The normalized spacial score (nSPS) is 15.5. The van der Waals surface area contributed by atoms with Crippen molar-refractivity contribution in [2.24, 2.45) is 0 Å². The molecular formula is C6H9NO4. The van der Waals surface area contributed by atoms with Crippen molar-refractivity contribution in [3.05, 3.63) is 0 Å². The van der Waals surface area contributed by atoms with Crippen molar-refractivity contribution in [1.82, 2.24) is 4.90 Å². The third-order valence-electron chi connectivity index (χ3n) is 1.43. The van der Waals surface area contributed by atoms with Crippen LogP contribution < -0.4 is 0 Å². The Labute approximate surface area is 63.5 Å². The molecular weight excluding hydrogens is 150 g/mol. The SMILES string of the molecule is O=C(O)COC(=O)N1CCC1. The zero-order valence-corrected chi connectivity index (χ0v) is 5.95. The summed E-state index contributed by atoms with van der Waals surface area (Å²) in [7, 11) is 0. The predicted octanol–water partition coefficient (Wildman–Crippen LogP) is -0.0867. The number of ether oxygens (including phenoxy) is 1. The Kier molecular flexibility index (Phi) is 2.30. The molecule has 0 bridgehead atoms. The highest BCUT2D eigenvalue weighted by atomic mass is 16.6. The molecule has 0 atom stereocenters. The van der Waals surface area contributed by atoms with Gasteiger partial charge in [-0.25, -0.2) is 9.59 Å². The third-order valence-corrected chi connectivity index (χ3v) is 1.43. The van der Waals surface area contributed by atoms with Crippen LogP contribution in [0.3, 0.4) is 0 Å². The van der Waals surface area contributed by atoms with Crippen molar-refractivity contribution in [2.75, 3.05) is 19.7 Å². The number of hydrogen-bond donors (Lipinski definition) is 1. The molecule has 1 amide bonds. The van der Waals surface area contributed by atoms with E-state index in [0.717, 1.165) is 6.42 Å². The van der Waals surface area contributed by atoms with Gasteiger partial charge in [0.25, 0.3) is 0 Å². The molecule has 62 valence electrons. The smallest absolute Gasteiger partial charge is 0.410 e. The molecule has 0 spiro atoms. The third kappa shape index (κ3) is 2.10. The second kappa shape index (κ2) is 3.23. The Morgan fingerprint density at radius 2 is 2.09 bits per heavy atom. The van der Waals surface area contributed by atoms with E-state index >= 15 is 0 Å². The highest BCUT2D eigenvalue weighted by Gasteiger charge is 2.21. The first-order valence-electron chi connectivity index (χ1n) is 3.33. The highest BCUT2D eigenvalue weighted by molar-refractivity contribution is 5.74. The average Bonchev–Trinajstić information content (AvgIpc) is 1.79. The lowest BCUT2D eigenvalue weighted by atomic mass is 10.2. The van der Waals surface area contributed by atoms with E-state index in [1.165, 1.54) is 4.90 Å². The van der Waals surface area contributed by atoms with Gasteiger partial charge in [0.2, 0.25) is 0 Å². The van der Waals surface area contributed by atoms with Gasteiger partial charge in [0.05, 0.1) is 0 Å². The summed E-state index contributed by atoms with van der Waals surface area (Å²) >= 11 is 0. The second-order valence-corrected chi connectivity index (χ2v) is 2.29. The largest absolute Gasteiger partial charge is 0.479 e. The molecule has 1 heterocycles. The number of nitrogens with zero attached hydrogens (tertiary/aromatic N) is 1. The number of carboxylic acid groups (broad SMARTS) is 1. The van der Waals surface area contributed by atoms with Gasteiger partial charge in [0.1, 0.15) is 0 Å². The Morgan fingerprint density at radius 1 is 1.45 bits per heavy atom. The van der Waals surface area contributed by atoms with Gasteiger partial charge in [0.15, 0.2) is 6.61 Å². The number of hydrogen-bond acceptors (Lipinski definition) is 3. The second-order valence-electron chi connectivity index (χ2n) is 2.29. The summed E-state index contributed by atoms with van der Waals surface area (Å²) in [6, 6.07) is 0. The molecule has 0 aliphatic carbocycles. The molecule has 11 heavy (non-hydrogen) atoms. The van der Waals surface area contributed by atoms with Crippen LogP contribution in [0.5, 0.6) is 0 Å². The molecule has 5 nitrogen and oxygen atoms in total. The van der Waals surface area contributed by atoms with E-state index in [0.29, 0.717) is 13.1 Å². The first-order chi connectivity index (χ1) is 5.20. The molecule has 0 aromatic carbocycles. The van der Waals surface area contributed by atoms with Crippen molar-refractivity contribution in [2.45, 2.75) is 6.42 Å². The highest BCUT2D eigenvalue weighted by Crippen LogP contribution is 2.06. The van der Waals surface area contributed by atoms with E-state index in [4.69, 9.17) is 5.11 Å². The van der Waals surface area contributed by atoms with Gasteiger partial charge in [-0.2, -0.15) is 0 Å². The Bertz CT molecular complexity index is 175. The first kappa shape index (κ1) is 7.84. The lowest BCUT2D eigenvalue weighted by Gasteiger charge is -2.29. The maximum atomic E-state index is 10.8. The zero-order valence-electron chi connectivity index (χ0n) is 5.95. The van der Waals surface area contributed by atoms with Crippen LogP contribution in [-0.2, 0) is 9.53 Å². The monoisotopic (exact) mass is 159 g/mol. The average molecular weight is 159 g/mol. The molecule has 0 radical (unpaired) electrons. The lowest BCUT2D eigenvalue weighted by Crippen LogP contribution is -2.42. The Hall–Kier alpha value is -1.26. The van der Waals surface area contributed by atoms with Crippen molar-refractivity contribution < 1.29 is 19.4 Å². The summed E-state index contributed by atoms with van der Waals surface area (Å²) in [4.78, 5) is 22.2. The van der Waals surface area contributed by atoms with Crippen molar-refractivity contribution in [1.29, 1.82) is 0 Å². The number of likely N-dealkylation sites (tertiary alicyclic amines) is 1. The van der Waals surface area contributed by atoms with Crippen molar-refractivity contribution in [3.8, 4) is 0 Å². The molecule has 0 unspecified atom stereocenters. The fraction of sp³-hybridized carbons (Fsp3) is 0.667. The van der Waals surface area contributed by atoms with Crippen molar-refractivity contribution >= 4 is 12.1 Å². The molecule has 1 fully saturated rings. The number of carbonyl (C=O) groups excluding carboxylic acids is 1. The summed E-state index contributed by atoms with van der Waals surface area (Å²) in [6.07, 6.45) is 0.445. The summed E-state index contributed by atoms with van der Waals surface area (Å²) < 4.78 is 4.39. The summed E-state index contributed by atoms with van der Waals surface area (Å²) in [5, 5.41) is 8.14. The molecule has 0 aromatic rings. The fourth-order valence-corrected chi connectivity index (χ4v) is 0.714. The van der Waals surface area contributed by atoms with E-state index in [1.54, 1.807) is 0 Å². The summed E-state index contributed by atoms with van der Waals surface area (Å²) in [5.74, 6) is -1.13. The Balaban J connectivity index is 2.15. The molecule has 5 heteroatoms. The van der Waals surface area contributed by atoms with E-state index in [9.17, 15) is 9.59 Å². The van der Waals surface area contributed by atoms with Gasteiger partial charge in [-0.1, -0.05) is 0 Å². The van der Waals surface area contributed by atoms with Crippen LogP contribution in [0.15, 0.2) is 0 Å². The van der Waals surface area contributed by atoms with Gasteiger partial charge >= 0.3 is 12.1 Å². The van der Waals surface area contributed by atoms with Gasteiger partial charge < -0.3 is 14.7 Å². The van der Waals surface area contributed by atoms with E-state index in [-0.39, 0.29) is 0 Å². The summed E-state index contributed by atoms with van der Waals surface area (Å²) in [5.41, 5.74) is 0. The van der Waals surface area contributed by atoms with E-state index in [1.807, 2.05) is 0 Å². The predicted molar refractivity (Wildman–Crippen MR) is 35.2 cm³/mol. The number of carbonyl (C=O) groups is 2. The van der Waals surface area contributed by atoms with Gasteiger partial charge in [-0.05, 0) is 6.42 Å². The van der Waals surface area contributed by atoms with E-state index < -0.39 is 18.7 Å². The first-order valence-corrected chi connectivity index (χ1v) is 3.33. The minimum absolute atomic E-state index is 0.529. The van der Waals surface area contributed by atoms with Crippen LogP contribution in [0.2, 0.25) is 0 Å². The zero-order chi connectivity index (χ0) is 8.27. The minimum Gasteiger partial charge on any atom is -0.479 e. The summed E-state index contributed by atoms with van der Waals surface area (Å²) in [6.45, 7) is 0.812. The number of carboxylic acids is 1. The quantitative estimate of drug-likeness (QED) is 0.611. The number of amides is 1. The standard InChI is InChI=1S/C6H9NO4/c8-5(9)4-11-6(10)7-2-1-3-7/h1-4H2,(H,8,9). The molecule has 1 saturated heterocycles. The van der Waals surface area contributed by atoms with Crippen LogP contribution >= 0.6 is 0 Å². The van der Waals surface area contributed by atoms with Crippen LogP contribution in [0, 0.1) is 0 Å². The van der Waals surface area contributed by atoms with Crippen LogP contribution in [0.1, 0.15) is 6.42 Å². The number of rotatable bonds is 2. The lowest BCUT2D eigenvalue weighted by molar-refractivity contribution is -0.140. The van der Waals surface area contributed by atoms with Gasteiger partial charge in [0, 0.05) is 13.1 Å². The topological polar surface area (TPSA) is 66.8 Å². The van der Waals surface area contributed by atoms with Gasteiger partial charge in [-0.15, -0.1) is 0 Å². The number of aliphatic carboxylic acids is 1. The maximum absolute atomic E-state index is 10.8.